The van der Waals surface area contributed by atoms with Crippen LogP contribution in [0.3, 0.4) is 0 Å². The van der Waals surface area contributed by atoms with Gasteiger partial charge in [0.1, 0.15) is 0 Å². The molecule has 198 valence electrons. The Morgan fingerprint density at radius 1 is 0.784 bits per heavy atom. The fourth-order valence-electron chi connectivity index (χ4n) is 3.18. The van der Waals surface area contributed by atoms with Crippen LogP contribution in [0.1, 0.15) is 36.2 Å². The molecule has 3 aromatic rings. The molecule has 0 radical (unpaired) electrons. The molecule has 0 aliphatic carbocycles. The first kappa shape index (κ1) is 27.8. The summed E-state index contributed by atoms with van der Waals surface area (Å²) >= 11 is 0. The van der Waals surface area contributed by atoms with Gasteiger partial charge in [-0.15, -0.1) is 0 Å². The van der Waals surface area contributed by atoms with Crippen LogP contribution >= 0.6 is 0 Å². The van der Waals surface area contributed by atoms with Crippen molar-refractivity contribution in [2.24, 2.45) is 0 Å². The molecule has 0 aliphatic rings. The second kappa shape index (κ2) is 16.1. The number of aromatic nitrogens is 3. The van der Waals surface area contributed by atoms with Crippen molar-refractivity contribution in [3.63, 3.8) is 0 Å². The van der Waals surface area contributed by atoms with Crippen molar-refractivity contribution < 1.29 is 14.3 Å². The first-order valence-electron chi connectivity index (χ1n) is 12.7. The van der Waals surface area contributed by atoms with E-state index in [1.807, 2.05) is 48.5 Å². The van der Waals surface area contributed by atoms with E-state index in [1.54, 1.807) is 12.1 Å². The molecule has 0 fully saturated rings. The zero-order chi connectivity index (χ0) is 26.1. The summed E-state index contributed by atoms with van der Waals surface area (Å²) in [6, 6.07) is 19.4. The summed E-state index contributed by atoms with van der Waals surface area (Å²) < 4.78 is 11.1. The molecule has 1 aromatic heterocycles. The lowest BCUT2D eigenvalue weighted by Crippen LogP contribution is -2.27. The molecule has 10 nitrogen and oxygen atoms in total. The van der Waals surface area contributed by atoms with E-state index in [0.29, 0.717) is 69.5 Å². The molecule has 37 heavy (non-hydrogen) atoms. The normalized spacial score (nSPS) is 11.5. The van der Waals surface area contributed by atoms with Gasteiger partial charge in [-0.05, 0) is 31.0 Å². The number of benzene rings is 2. The van der Waals surface area contributed by atoms with E-state index in [0.717, 1.165) is 12.0 Å². The number of ether oxygens (including phenoxy) is 2. The summed E-state index contributed by atoms with van der Waals surface area (Å²) in [5.41, 5.74) is 1.78. The quantitative estimate of drug-likeness (QED) is 0.203. The van der Waals surface area contributed by atoms with E-state index in [4.69, 9.17) is 9.47 Å². The van der Waals surface area contributed by atoms with Gasteiger partial charge >= 0.3 is 0 Å². The molecule has 10 heteroatoms. The molecular formula is C27H37N7O3. The fourth-order valence-corrected chi connectivity index (χ4v) is 3.18. The number of anilines is 3. The maximum absolute atomic E-state index is 12.0. The van der Waals surface area contributed by atoms with Crippen molar-refractivity contribution in [2.45, 2.75) is 32.9 Å². The Bertz CT molecular complexity index is 1050. The van der Waals surface area contributed by atoms with Crippen molar-refractivity contribution in [3.8, 4) is 0 Å². The van der Waals surface area contributed by atoms with Crippen LogP contribution in [0.4, 0.5) is 17.8 Å². The van der Waals surface area contributed by atoms with Gasteiger partial charge in [0.25, 0.3) is 5.91 Å². The second-order valence-corrected chi connectivity index (χ2v) is 8.37. The highest BCUT2D eigenvalue weighted by Crippen LogP contribution is 2.12. The Morgan fingerprint density at radius 2 is 1.38 bits per heavy atom. The standard InChI is InChI=1S/C27H37N7O3/c1-3-21(2)31-27-33-25(32-26(34-27)30-20-22-10-6-4-7-11-22)29-15-17-37-19-18-36-16-14-28-24(35)23-12-8-5-9-13-23/h4-13,21H,3,14-20H2,1-2H3,(H,28,35)(H3,29,30,31,32,33,34). The molecule has 4 N–H and O–H groups in total. The van der Waals surface area contributed by atoms with Gasteiger partial charge in [0.2, 0.25) is 17.8 Å². The zero-order valence-electron chi connectivity index (χ0n) is 21.6. The number of hydrogen-bond donors (Lipinski definition) is 4. The van der Waals surface area contributed by atoms with Gasteiger partial charge in [-0.25, -0.2) is 0 Å². The van der Waals surface area contributed by atoms with Gasteiger partial charge in [-0.1, -0.05) is 55.5 Å². The first-order chi connectivity index (χ1) is 18.1. The summed E-state index contributed by atoms with van der Waals surface area (Å²) in [5, 5.41) is 12.6. The lowest BCUT2D eigenvalue weighted by atomic mass is 10.2. The molecule has 0 saturated carbocycles. The minimum absolute atomic E-state index is 0.106. The number of rotatable bonds is 17. The van der Waals surface area contributed by atoms with E-state index in [-0.39, 0.29) is 11.9 Å². The van der Waals surface area contributed by atoms with Crippen molar-refractivity contribution in [1.82, 2.24) is 20.3 Å². The molecule has 1 atom stereocenters. The van der Waals surface area contributed by atoms with E-state index in [2.05, 4.69) is 50.1 Å². The molecule has 0 saturated heterocycles. The number of nitrogens with one attached hydrogen (secondary N) is 4. The fraction of sp³-hybridized carbons (Fsp3) is 0.407. The molecule has 1 amide bonds. The lowest BCUT2D eigenvalue weighted by Gasteiger charge is -2.14. The Kier molecular flexibility index (Phi) is 12.1. The third-order valence-corrected chi connectivity index (χ3v) is 5.39. The third-order valence-electron chi connectivity index (χ3n) is 5.39. The van der Waals surface area contributed by atoms with Crippen molar-refractivity contribution in [2.75, 3.05) is 55.5 Å². The Labute approximate surface area is 218 Å². The van der Waals surface area contributed by atoms with Gasteiger partial charge in [-0.3, -0.25) is 4.79 Å². The van der Waals surface area contributed by atoms with Crippen LogP contribution in [0.15, 0.2) is 60.7 Å². The highest BCUT2D eigenvalue weighted by molar-refractivity contribution is 5.94. The van der Waals surface area contributed by atoms with Crippen LogP contribution in [0.5, 0.6) is 0 Å². The zero-order valence-corrected chi connectivity index (χ0v) is 21.6. The maximum atomic E-state index is 12.0. The Balaban J connectivity index is 1.33. The van der Waals surface area contributed by atoms with Gasteiger partial charge in [0, 0.05) is 31.2 Å². The number of nitrogens with zero attached hydrogens (tertiary/aromatic N) is 3. The van der Waals surface area contributed by atoms with Crippen LogP contribution in [-0.2, 0) is 16.0 Å². The van der Waals surface area contributed by atoms with E-state index in [1.165, 1.54) is 0 Å². The van der Waals surface area contributed by atoms with E-state index >= 15 is 0 Å². The van der Waals surface area contributed by atoms with Gasteiger partial charge < -0.3 is 30.7 Å². The number of carbonyl (C=O) groups is 1. The van der Waals surface area contributed by atoms with Crippen LogP contribution in [0, 0.1) is 0 Å². The smallest absolute Gasteiger partial charge is 0.251 e. The first-order valence-corrected chi connectivity index (χ1v) is 12.7. The van der Waals surface area contributed by atoms with Gasteiger partial charge in [0.05, 0.1) is 26.4 Å². The molecule has 3 rings (SSSR count). The number of carbonyl (C=O) groups excluding carboxylic acids is 1. The molecular weight excluding hydrogens is 470 g/mol. The van der Waals surface area contributed by atoms with Crippen LogP contribution in [0.25, 0.3) is 0 Å². The van der Waals surface area contributed by atoms with Crippen molar-refractivity contribution in [3.05, 3.63) is 71.8 Å². The highest BCUT2D eigenvalue weighted by Gasteiger charge is 2.09. The highest BCUT2D eigenvalue weighted by atomic mass is 16.5. The molecule has 1 unspecified atom stereocenters. The lowest BCUT2D eigenvalue weighted by molar-refractivity contribution is 0.0519. The SMILES string of the molecule is CCC(C)Nc1nc(NCCOCCOCCNC(=O)c2ccccc2)nc(NCc2ccccc2)n1. The van der Waals surface area contributed by atoms with Gasteiger partial charge in [0.15, 0.2) is 0 Å². The maximum Gasteiger partial charge on any atom is 0.251 e. The van der Waals surface area contributed by atoms with Crippen LogP contribution in [0.2, 0.25) is 0 Å². The van der Waals surface area contributed by atoms with Crippen molar-refractivity contribution >= 4 is 23.8 Å². The number of hydrogen-bond acceptors (Lipinski definition) is 9. The largest absolute Gasteiger partial charge is 0.377 e. The minimum atomic E-state index is -0.106. The summed E-state index contributed by atoms with van der Waals surface area (Å²) in [7, 11) is 0. The summed E-state index contributed by atoms with van der Waals surface area (Å²) in [5.74, 6) is 1.40. The molecule has 0 bridgehead atoms. The molecule has 0 spiro atoms. The molecule has 1 heterocycles. The molecule has 2 aromatic carbocycles. The summed E-state index contributed by atoms with van der Waals surface area (Å²) in [4.78, 5) is 25.4. The summed E-state index contributed by atoms with van der Waals surface area (Å²) in [6.07, 6.45) is 0.955. The predicted molar refractivity (Wildman–Crippen MR) is 146 cm³/mol. The average molecular weight is 508 g/mol. The number of amides is 1. The predicted octanol–water partition coefficient (Wildman–Crippen LogP) is 3.57. The van der Waals surface area contributed by atoms with Crippen LogP contribution in [-0.4, -0.2) is 66.4 Å². The third kappa shape index (κ3) is 10.8. The monoisotopic (exact) mass is 507 g/mol. The average Bonchev–Trinajstić information content (AvgIpc) is 2.93. The Morgan fingerprint density at radius 3 is 2.05 bits per heavy atom. The van der Waals surface area contributed by atoms with Crippen LogP contribution < -0.4 is 21.3 Å². The summed E-state index contributed by atoms with van der Waals surface area (Å²) in [6.45, 7) is 7.60. The Hall–Kier alpha value is -3.76. The van der Waals surface area contributed by atoms with Gasteiger partial charge in [-0.2, -0.15) is 15.0 Å². The minimum Gasteiger partial charge on any atom is -0.377 e. The second-order valence-electron chi connectivity index (χ2n) is 8.37. The van der Waals surface area contributed by atoms with E-state index in [9.17, 15) is 4.79 Å². The molecule has 0 aliphatic heterocycles. The van der Waals surface area contributed by atoms with E-state index < -0.39 is 0 Å². The van der Waals surface area contributed by atoms with Crippen molar-refractivity contribution in [1.29, 1.82) is 0 Å². The topological polar surface area (TPSA) is 122 Å².